The van der Waals surface area contributed by atoms with Gasteiger partial charge in [-0.3, -0.25) is 14.1 Å². The van der Waals surface area contributed by atoms with Gasteiger partial charge in [-0.15, -0.1) is 0 Å². The molecule has 5 nitrogen and oxygen atoms in total. The molecule has 0 spiro atoms. The van der Waals surface area contributed by atoms with E-state index in [0.29, 0.717) is 16.7 Å². The normalized spacial score (nSPS) is 12.5. The third kappa shape index (κ3) is 7.62. The third-order valence-electron chi connectivity index (χ3n) is 4.28. The van der Waals surface area contributed by atoms with Crippen LogP contribution >= 0.6 is 11.6 Å². The van der Waals surface area contributed by atoms with Crippen molar-refractivity contribution in [1.29, 1.82) is 0 Å². The fourth-order valence-electron chi connectivity index (χ4n) is 2.78. The predicted octanol–water partition coefficient (Wildman–Crippen LogP) is 5.90. The SMILES string of the molecule is CC(C)(C)CCCCc1ccc(NC(=O)c2ccc(Cl)c(NS(=O)O)c2)cc1. The zero-order valence-electron chi connectivity index (χ0n) is 16.4. The number of halogens is 1. The molecule has 0 aliphatic rings. The van der Waals surface area contributed by atoms with Crippen molar-refractivity contribution in [3.05, 3.63) is 58.6 Å². The van der Waals surface area contributed by atoms with Crippen LogP contribution in [0.3, 0.4) is 0 Å². The van der Waals surface area contributed by atoms with Gasteiger partial charge in [0, 0.05) is 11.3 Å². The molecular formula is C21H27ClN2O3S. The van der Waals surface area contributed by atoms with E-state index < -0.39 is 11.3 Å². The Morgan fingerprint density at radius 1 is 1.11 bits per heavy atom. The Balaban J connectivity index is 1.93. The van der Waals surface area contributed by atoms with Gasteiger partial charge >= 0.3 is 0 Å². The van der Waals surface area contributed by atoms with E-state index in [9.17, 15) is 9.00 Å². The Kier molecular flexibility index (Phi) is 8.04. The monoisotopic (exact) mass is 422 g/mol. The summed E-state index contributed by atoms with van der Waals surface area (Å²) in [6.07, 6.45) is 4.58. The van der Waals surface area contributed by atoms with Crippen LogP contribution in [0.5, 0.6) is 0 Å². The lowest BCUT2D eigenvalue weighted by atomic mass is 9.89. The molecule has 1 unspecified atom stereocenters. The minimum atomic E-state index is -2.26. The summed E-state index contributed by atoms with van der Waals surface area (Å²) in [6.45, 7) is 6.77. The maximum atomic E-state index is 12.4. The fraction of sp³-hybridized carbons (Fsp3) is 0.381. The van der Waals surface area contributed by atoms with Gasteiger partial charge in [-0.1, -0.05) is 50.9 Å². The van der Waals surface area contributed by atoms with E-state index in [1.807, 2.05) is 24.3 Å². The number of amides is 1. The smallest absolute Gasteiger partial charge is 0.259 e. The van der Waals surface area contributed by atoms with Gasteiger partial charge in [0.25, 0.3) is 17.2 Å². The fourth-order valence-corrected chi connectivity index (χ4v) is 3.36. The Morgan fingerprint density at radius 3 is 2.39 bits per heavy atom. The van der Waals surface area contributed by atoms with Crippen molar-refractivity contribution in [2.45, 2.75) is 46.5 Å². The summed E-state index contributed by atoms with van der Waals surface area (Å²) in [7, 11) is 0. The van der Waals surface area contributed by atoms with Gasteiger partial charge in [0.1, 0.15) is 0 Å². The Bertz CT molecular complexity index is 833. The number of aryl methyl sites for hydroxylation is 1. The van der Waals surface area contributed by atoms with Crippen molar-refractivity contribution in [2.75, 3.05) is 10.0 Å². The van der Waals surface area contributed by atoms with Crippen molar-refractivity contribution in [2.24, 2.45) is 5.41 Å². The molecule has 3 N–H and O–H groups in total. The maximum Gasteiger partial charge on any atom is 0.259 e. The largest absolute Gasteiger partial charge is 0.322 e. The zero-order chi connectivity index (χ0) is 20.7. The molecule has 28 heavy (non-hydrogen) atoms. The number of anilines is 2. The van der Waals surface area contributed by atoms with Crippen LogP contribution in [-0.2, 0) is 17.7 Å². The highest BCUT2D eigenvalue weighted by Gasteiger charge is 2.11. The van der Waals surface area contributed by atoms with Crippen molar-refractivity contribution in [1.82, 2.24) is 0 Å². The van der Waals surface area contributed by atoms with Crippen molar-refractivity contribution in [3.63, 3.8) is 0 Å². The Labute approximate surface area is 174 Å². The van der Waals surface area contributed by atoms with Crippen LogP contribution in [0.1, 0.15) is 56.0 Å². The quantitative estimate of drug-likeness (QED) is 0.366. The first kappa shape index (κ1) is 22.4. The van der Waals surface area contributed by atoms with Crippen LogP contribution in [0.15, 0.2) is 42.5 Å². The molecule has 2 aromatic rings. The molecule has 0 aromatic heterocycles. The van der Waals surface area contributed by atoms with Crippen LogP contribution in [0.4, 0.5) is 11.4 Å². The van der Waals surface area contributed by atoms with E-state index in [1.165, 1.54) is 30.5 Å². The van der Waals surface area contributed by atoms with Gasteiger partial charge in [-0.25, -0.2) is 4.21 Å². The number of benzene rings is 2. The first-order chi connectivity index (χ1) is 13.1. The van der Waals surface area contributed by atoms with Gasteiger partial charge in [0.2, 0.25) is 0 Å². The molecule has 0 fully saturated rings. The van der Waals surface area contributed by atoms with E-state index in [4.69, 9.17) is 16.2 Å². The molecule has 0 aliphatic heterocycles. The molecule has 0 aliphatic carbocycles. The lowest BCUT2D eigenvalue weighted by molar-refractivity contribution is 0.102. The second kappa shape index (κ2) is 10.0. The molecule has 0 heterocycles. The molecule has 2 rings (SSSR count). The Morgan fingerprint density at radius 2 is 1.79 bits per heavy atom. The van der Waals surface area contributed by atoms with Crippen LogP contribution in [0.25, 0.3) is 0 Å². The topological polar surface area (TPSA) is 78.4 Å². The third-order valence-corrected chi connectivity index (χ3v) is 5.00. The molecule has 2 aromatic carbocycles. The average Bonchev–Trinajstić information content (AvgIpc) is 2.60. The molecule has 0 saturated heterocycles. The lowest BCUT2D eigenvalue weighted by Gasteiger charge is -2.17. The summed E-state index contributed by atoms with van der Waals surface area (Å²) in [5.41, 5.74) is 2.87. The Hall–Kier alpha value is -1.89. The van der Waals surface area contributed by atoms with Gasteiger partial charge < -0.3 is 5.32 Å². The van der Waals surface area contributed by atoms with Crippen molar-refractivity contribution >= 4 is 40.1 Å². The second-order valence-electron chi connectivity index (χ2n) is 7.96. The van der Waals surface area contributed by atoms with E-state index >= 15 is 0 Å². The zero-order valence-corrected chi connectivity index (χ0v) is 18.0. The minimum Gasteiger partial charge on any atom is -0.322 e. The number of unbranched alkanes of at least 4 members (excludes halogenated alkanes) is 1. The molecular weight excluding hydrogens is 396 g/mol. The van der Waals surface area contributed by atoms with Gasteiger partial charge in [0.15, 0.2) is 0 Å². The van der Waals surface area contributed by atoms with Crippen LogP contribution in [0, 0.1) is 5.41 Å². The van der Waals surface area contributed by atoms with E-state index in [1.54, 1.807) is 6.07 Å². The average molecular weight is 423 g/mol. The van der Waals surface area contributed by atoms with Crippen molar-refractivity contribution < 1.29 is 13.6 Å². The summed E-state index contributed by atoms with van der Waals surface area (Å²) in [5.74, 6) is -0.318. The number of rotatable bonds is 8. The summed E-state index contributed by atoms with van der Waals surface area (Å²) >= 11 is 3.70. The number of hydrogen-bond donors (Lipinski definition) is 3. The summed E-state index contributed by atoms with van der Waals surface area (Å²) in [4.78, 5) is 12.4. The standard InChI is InChI=1S/C21H27ClN2O3S/c1-21(2,3)13-5-4-6-15-7-10-17(11-8-15)23-20(25)16-9-12-18(22)19(14-16)24-28(26)27/h7-12,14,24H,4-6,13H2,1-3H3,(H,23,25)(H,26,27). The van der Waals surface area contributed by atoms with Crippen molar-refractivity contribution in [3.8, 4) is 0 Å². The predicted molar refractivity (Wildman–Crippen MR) is 117 cm³/mol. The number of hydrogen-bond acceptors (Lipinski definition) is 2. The van der Waals surface area contributed by atoms with Crippen LogP contribution < -0.4 is 10.0 Å². The summed E-state index contributed by atoms with van der Waals surface area (Å²) in [5, 5.41) is 3.08. The van der Waals surface area contributed by atoms with Crippen LogP contribution in [-0.4, -0.2) is 14.7 Å². The molecule has 1 amide bonds. The first-order valence-corrected chi connectivity index (χ1v) is 10.7. The number of nitrogens with one attached hydrogen (secondary N) is 2. The van der Waals surface area contributed by atoms with E-state index in [-0.39, 0.29) is 16.6 Å². The molecule has 7 heteroatoms. The van der Waals surface area contributed by atoms with E-state index in [2.05, 4.69) is 30.8 Å². The van der Waals surface area contributed by atoms with Gasteiger partial charge in [0.05, 0.1) is 10.7 Å². The summed E-state index contributed by atoms with van der Waals surface area (Å²) < 4.78 is 22.1. The second-order valence-corrected chi connectivity index (χ2v) is 9.07. The molecule has 0 bridgehead atoms. The van der Waals surface area contributed by atoms with Crippen LogP contribution in [0.2, 0.25) is 5.02 Å². The molecule has 0 saturated carbocycles. The highest BCUT2D eigenvalue weighted by atomic mass is 35.5. The lowest BCUT2D eigenvalue weighted by Crippen LogP contribution is -2.12. The van der Waals surface area contributed by atoms with Gasteiger partial charge in [-0.2, -0.15) is 0 Å². The summed E-state index contributed by atoms with van der Waals surface area (Å²) in [6, 6.07) is 12.3. The minimum absolute atomic E-state index is 0.223. The van der Waals surface area contributed by atoms with Gasteiger partial charge in [-0.05, 0) is 60.6 Å². The van der Waals surface area contributed by atoms with E-state index in [0.717, 1.165) is 12.8 Å². The highest BCUT2D eigenvalue weighted by Crippen LogP contribution is 2.24. The molecule has 152 valence electrons. The number of carbonyl (C=O) groups is 1. The first-order valence-electron chi connectivity index (χ1n) is 9.21. The highest BCUT2D eigenvalue weighted by molar-refractivity contribution is 7.80. The molecule has 1 atom stereocenters. The maximum absolute atomic E-state index is 12.4. The molecule has 0 radical (unpaired) electrons. The number of carbonyl (C=O) groups excluding carboxylic acids is 1.